The first-order valence-electron chi connectivity index (χ1n) is 5.11. The van der Waals surface area contributed by atoms with Crippen molar-refractivity contribution < 1.29 is 18.0 Å². The molecule has 0 saturated heterocycles. The average molecular weight is 307 g/mol. The summed E-state index contributed by atoms with van der Waals surface area (Å²) in [5.74, 6) is -0.653. The molecule has 2 heterocycles. The van der Waals surface area contributed by atoms with Crippen LogP contribution >= 0.6 is 11.6 Å². The van der Waals surface area contributed by atoms with Crippen molar-refractivity contribution in [3.8, 4) is 0 Å². The van der Waals surface area contributed by atoms with Gasteiger partial charge in [0.15, 0.2) is 5.82 Å². The van der Waals surface area contributed by atoms with Gasteiger partial charge in [-0.05, 0) is 12.1 Å². The lowest BCUT2D eigenvalue weighted by atomic mass is 10.2. The van der Waals surface area contributed by atoms with Crippen LogP contribution in [0.5, 0.6) is 0 Å². The Kier molecular flexibility index (Phi) is 3.84. The largest absolute Gasteiger partial charge is 0.433 e. The highest BCUT2D eigenvalue weighted by Gasteiger charge is 2.33. The minimum absolute atomic E-state index is 0.106. The van der Waals surface area contributed by atoms with Gasteiger partial charge in [-0.25, -0.2) is 4.98 Å². The predicted octanol–water partition coefficient (Wildman–Crippen LogP) is 1.20. The van der Waals surface area contributed by atoms with E-state index in [0.29, 0.717) is 6.07 Å². The van der Waals surface area contributed by atoms with E-state index in [1.807, 2.05) is 0 Å². The SMILES string of the molecule is O=C(NCc1nn[nH]n1)c1cc(Cl)cc(C(F)(F)F)n1. The molecule has 7 nitrogen and oxygen atoms in total. The van der Waals surface area contributed by atoms with Crippen LogP contribution in [0.15, 0.2) is 12.1 Å². The second-order valence-electron chi connectivity index (χ2n) is 3.56. The summed E-state index contributed by atoms with van der Waals surface area (Å²) in [5.41, 5.74) is -1.69. The summed E-state index contributed by atoms with van der Waals surface area (Å²) in [6, 6.07) is 1.67. The number of hydrogen-bond acceptors (Lipinski definition) is 5. The summed E-state index contributed by atoms with van der Waals surface area (Å²) in [4.78, 5) is 14.9. The molecule has 20 heavy (non-hydrogen) atoms. The number of hydrogen-bond donors (Lipinski definition) is 2. The topological polar surface area (TPSA) is 96.5 Å². The highest BCUT2D eigenvalue weighted by atomic mass is 35.5. The molecule has 0 spiro atoms. The number of aromatic nitrogens is 5. The van der Waals surface area contributed by atoms with Crippen LogP contribution in [0.3, 0.4) is 0 Å². The van der Waals surface area contributed by atoms with Gasteiger partial charge in [-0.1, -0.05) is 16.8 Å². The van der Waals surface area contributed by atoms with Crippen LogP contribution in [0, 0.1) is 0 Å². The molecule has 11 heteroatoms. The second-order valence-corrected chi connectivity index (χ2v) is 4.00. The maximum Gasteiger partial charge on any atom is 0.433 e. The van der Waals surface area contributed by atoms with E-state index in [9.17, 15) is 18.0 Å². The van der Waals surface area contributed by atoms with Gasteiger partial charge in [0.25, 0.3) is 5.91 Å². The molecule has 2 aromatic rings. The van der Waals surface area contributed by atoms with Crippen LogP contribution in [0.1, 0.15) is 22.0 Å². The lowest BCUT2D eigenvalue weighted by molar-refractivity contribution is -0.141. The molecule has 0 unspecified atom stereocenters. The van der Waals surface area contributed by atoms with Crippen molar-refractivity contribution in [2.45, 2.75) is 12.7 Å². The Bertz CT molecular complexity index is 615. The predicted molar refractivity (Wildman–Crippen MR) is 59.6 cm³/mol. The maximum atomic E-state index is 12.5. The molecule has 2 rings (SSSR count). The zero-order valence-electron chi connectivity index (χ0n) is 9.57. The molecule has 106 valence electrons. The Morgan fingerprint density at radius 2 is 2.15 bits per heavy atom. The van der Waals surface area contributed by atoms with Crippen LogP contribution in [-0.4, -0.2) is 31.5 Å². The van der Waals surface area contributed by atoms with Crippen molar-refractivity contribution in [2.24, 2.45) is 0 Å². The number of H-pyrrole nitrogens is 1. The Hall–Kier alpha value is -2.23. The lowest BCUT2D eigenvalue weighted by Crippen LogP contribution is -2.25. The summed E-state index contributed by atoms with van der Waals surface area (Å²) in [7, 11) is 0. The molecule has 0 aromatic carbocycles. The van der Waals surface area contributed by atoms with Gasteiger partial charge in [-0.2, -0.15) is 18.4 Å². The van der Waals surface area contributed by atoms with Crippen LogP contribution in [0.4, 0.5) is 13.2 Å². The third kappa shape index (κ3) is 3.41. The number of alkyl halides is 3. The summed E-state index contributed by atoms with van der Waals surface area (Å²) < 4.78 is 37.6. The Morgan fingerprint density at radius 3 is 2.75 bits per heavy atom. The zero-order valence-corrected chi connectivity index (χ0v) is 10.3. The molecular formula is C9H6ClF3N6O. The van der Waals surface area contributed by atoms with E-state index in [4.69, 9.17) is 11.6 Å². The third-order valence-electron chi connectivity index (χ3n) is 2.11. The smallest absolute Gasteiger partial charge is 0.343 e. The van der Waals surface area contributed by atoms with E-state index in [0.717, 1.165) is 6.07 Å². The first-order valence-corrected chi connectivity index (χ1v) is 5.49. The number of tetrazole rings is 1. The van der Waals surface area contributed by atoms with Crippen LogP contribution in [0.2, 0.25) is 5.02 Å². The zero-order chi connectivity index (χ0) is 14.8. The normalized spacial score (nSPS) is 11.4. The van der Waals surface area contributed by atoms with Gasteiger partial charge in [0.05, 0.1) is 6.54 Å². The van der Waals surface area contributed by atoms with E-state index in [2.05, 4.69) is 30.9 Å². The third-order valence-corrected chi connectivity index (χ3v) is 2.33. The fourth-order valence-corrected chi connectivity index (χ4v) is 1.47. The van der Waals surface area contributed by atoms with Crippen molar-refractivity contribution in [1.29, 1.82) is 0 Å². The van der Waals surface area contributed by atoms with Crippen molar-refractivity contribution in [1.82, 2.24) is 30.9 Å². The quantitative estimate of drug-likeness (QED) is 0.888. The van der Waals surface area contributed by atoms with Crippen molar-refractivity contribution >= 4 is 17.5 Å². The molecule has 1 amide bonds. The molecule has 0 saturated carbocycles. The molecule has 2 aromatic heterocycles. The Morgan fingerprint density at radius 1 is 1.40 bits per heavy atom. The molecule has 0 aliphatic heterocycles. The summed E-state index contributed by atoms with van der Waals surface area (Å²) in [6.45, 7) is -0.106. The molecule has 0 fully saturated rings. The summed E-state index contributed by atoms with van der Waals surface area (Å²) in [5, 5.41) is 14.6. The lowest BCUT2D eigenvalue weighted by Gasteiger charge is -2.08. The Labute approximate surface area is 114 Å². The maximum absolute atomic E-state index is 12.5. The van der Waals surface area contributed by atoms with E-state index >= 15 is 0 Å². The van der Waals surface area contributed by atoms with Crippen molar-refractivity contribution in [3.05, 3.63) is 34.4 Å². The van der Waals surface area contributed by atoms with Crippen LogP contribution in [0.25, 0.3) is 0 Å². The molecular weight excluding hydrogens is 301 g/mol. The molecule has 0 bridgehead atoms. The number of pyridine rings is 1. The Balaban J connectivity index is 2.15. The molecule has 2 N–H and O–H groups in total. The van der Waals surface area contributed by atoms with Gasteiger partial charge in [0.2, 0.25) is 0 Å². The standard InChI is InChI=1S/C9H6ClF3N6O/c10-4-1-5(15-6(2-4)9(11,12)13)8(20)14-3-7-16-18-19-17-7/h1-2H,3H2,(H,14,20)(H,16,17,18,19). The van der Waals surface area contributed by atoms with Gasteiger partial charge in [-0.3, -0.25) is 4.79 Å². The molecule has 0 radical (unpaired) electrons. The van der Waals surface area contributed by atoms with E-state index in [1.165, 1.54) is 0 Å². The van der Waals surface area contributed by atoms with Gasteiger partial charge in [-0.15, -0.1) is 10.2 Å². The number of aromatic amines is 1. The number of carbonyl (C=O) groups is 1. The second kappa shape index (κ2) is 5.41. The first-order chi connectivity index (χ1) is 9.36. The number of halogens is 4. The minimum Gasteiger partial charge on any atom is -0.343 e. The average Bonchev–Trinajstić information content (AvgIpc) is 2.87. The first kappa shape index (κ1) is 14.2. The van der Waals surface area contributed by atoms with Crippen molar-refractivity contribution in [3.63, 3.8) is 0 Å². The van der Waals surface area contributed by atoms with Gasteiger partial charge in [0.1, 0.15) is 11.4 Å². The van der Waals surface area contributed by atoms with Gasteiger partial charge < -0.3 is 5.32 Å². The van der Waals surface area contributed by atoms with E-state index < -0.39 is 23.5 Å². The highest BCUT2D eigenvalue weighted by molar-refractivity contribution is 6.30. The summed E-state index contributed by atoms with van der Waals surface area (Å²) >= 11 is 5.54. The van der Waals surface area contributed by atoms with Crippen LogP contribution < -0.4 is 5.32 Å². The molecule has 0 atom stereocenters. The van der Waals surface area contributed by atoms with E-state index in [-0.39, 0.29) is 17.4 Å². The molecule has 0 aliphatic rings. The number of nitrogens with one attached hydrogen (secondary N) is 2. The van der Waals surface area contributed by atoms with Gasteiger partial charge in [0, 0.05) is 5.02 Å². The molecule has 0 aliphatic carbocycles. The van der Waals surface area contributed by atoms with E-state index in [1.54, 1.807) is 0 Å². The minimum atomic E-state index is -4.69. The fraction of sp³-hybridized carbons (Fsp3) is 0.222. The fourth-order valence-electron chi connectivity index (χ4n) is 1.27. The summed E-state index contributed by atoms with van der Waals surface area (Å²) in [6.07, 6.45) is -4.69. The van der Waals surface area contributed by atoms with Gasteiger partial charge >= 0.3 is 6.18 Å². The monoisotopic (exact) mass is 306 g/mol. The number of carbonyl (C=O) groups excluding carboxylic acids is 1. The number of rotatable bonds is 3. The van der Waals surface area contributed by atoms with Crippen LogP contribution in [-0.2, 0) is 12.7 Å². The van der Waals surface area contributed by atoms with Crippen molar-refractivity contribution in [2.75, 3.05) is 0 Å². The number of nitrogens with zero attached hydrogens (tertiary/aromatic N) is 4. The highest BCUT2D eigenvalue weighted by Crippen LogP contribution is 2.29. The number of amides is 1.